The lowest BCUT2D eigenvalue weighted by atomic mass is 9.74. The SMILES string of the molecule is O=C(O)[C@@]1(C(F)(F)F)CNC[C@@H]1Cc1ccc(Br)cc1. The van der Waals surface area contributed by atoms with E-state index in [1.165, 1.54) is 0 Å². The average molecular weight is 352 g/mol. The Morgan fingerprint density at radius 2 is 2.00 bits per heavy atom. The minimum absolute atomic E-state index is 0.0435. The summed E-state index contributed by atoms with van der Waals surface area (Å²) >= 11 is 3.25. The number of carbonyl (C=O) groups is 1. The van der Waals surface area contributed by atoms with Crippen LogP contribution in [0.5, 0.6) is 0 Å². The maximum absolute atomic E-state index is 13.3. The monoisotopic (exact) mass is 351 g/mol. The summed E-state index contributed by atoms with van der Waals surface area (Å²) in [4.78, 5) is 11.3. The quantitative estimate of drug-likeness (QED) is 0.880. The second-order valence-corrected chi connectivity index (χ2v) is 5.85. The predicted molar refractivity (Wildman–Crippen MR) is 70.3 cm³/mol. The first-order valence-corrected chi connectivity index (χ1v) is 6.82. The van der Waals surface area contributed by atoms with Crippen LogP contribution in [0.2, 0.25) is 0 Å². The van der Waals surface area contributed by atoms with Gasteiger partial charge in [-0.15, -0.1) is 0 Å². The lowest BCUT2D eigenvalue weighted by Crippen LogP contribution is -2.51. The molecule has 1 fully saturated rings. The first kappa shape index (κ1) is 15.3. The molecule has 20 heavy (non-hydrogen) atoms. The van der Waals surface area contributed by atoms with E-state index in [9.17, 15) is 18.0 Å². The summed E-state index contributed by atoms with van der Waals surface area (Å²) in [6, 6.07) is 6.86. The molecule has 0 aliphatic carbocycles. The van der Waals surface area contributed by atoms with Gasteiger partial charge in [0, 0.05) is 16.9 Å². The maximum atomic E-state index is 13.3. The molecule has 0 spiro atoms. The van der Waals surface area contributed by atoms with Gasteiger partial charge in [-0.25, -0.2) is 0 Å². The second kappa shape index (κ2) is 5.37. The third-order valence-electron chi connectivity index (χ3n) is 3.77. The van der Waals surface area contributed by atoms with Crippen LogP contribution in [-0.2, 0) is 11.2 Å². The van der Waals surface area contributed by atoms with E-state index < -0.39 is 30.0 Å². The molecule has 0 amide bonds. The Bertz CT molecular complexity index is 503. The molecule has 0 unspecified atom stereocenters. The summed E-state index contributed by atoms with van der Waals surface area (Å²) in [6.07, 6.45) is -4.70. The van der Waals surface area contributed by atoms with Crippen molar-refractivity contribution >= 4 is 21.9 Å². The van der Waals surface area contributed by atoms with Crippen LogP contribution in [0, 0.1) is 11.3 Å². The number of benzene rings is 1. The molecule has 0 bridgehead atoms. The molecular weight excluding hydrogens is 339 g/mol. The fraction of sp³-hybridized carbons (Fsp3) is 0.462. The highest BCUT2D eigenvalue weighted by atomic mass is 79.9. The highest BCUT2D eigenvalue weighted by Crippen LogP contribution is 2.47. The van der Waals surface area contributed by atoms with Gasteiger partial charge in [0.2, 0.25) is 0 Å². The normalized spacial score (nSPS) is 26.7. The van der Waals surface area contributed by atoms with E-state index in [-0.39, 0.29) is 13.0 Å². The summed E-state index contributed by atoms with van der Waals surface area (Å²) in [5.74, 6) is -2.82. The number of carboxylic acids is 1. The van der Waals surface area contributed by atoms with Gasteiger partial charge in [-0.05, 0) is 30.7 Å². The highest BCUT2D eigenvalue weighted by molar-refractivity contribution is 9.10. The molecule has 2 N–H and O–H groups in total. The topological polar surface area (TPSA) is 49.3 Å². The van der Waals surface area contributed by atoms with E-state index in [4.69, 9.17) is 5.11 Å². The van der Waals surface area contributed by atoms with E-state index in [0.717, 1.165) is 4.47 Å². The fourth-order valence-corrected chi connectivity index (χ4v) is 2.88. The van der Waals surface area contributed by atoms with Gasteiger partial charge in [0.25, 0.3) is 0 Å². The molecule has 3 nitrogen and oxygen atoms in total. The number of hydrogen-bond acceptors (Lipinski definition) is 2. The van der Waals surface area contributed by atoms with E-state index in [2.05, 4.69) is 21.2 Å². The van der Waals surface area contributed by atoms with Crippen molar-refractivity contribution in [3.8, 4) is 0 Å². The number of rotatable bonds is 3. The summed E-state index contributed by atoms with van der Waals surface area (Å²) in [6.45, 7) is -0.533. The first-order chi connectivity index (χ1) is 9.27. The van der Waals surface area contributed by atoms with Crippen LogP contribution in [0.1, 0.15) is 5.56 Å². The molecule has 1 aliphatic heterocycles. The number of aliphatic carboxylic acids is 1. The molecule has 1 aliphatic rings. The molecule has 0 radical (unpaired) electrons. The Labute approximate surface area is 122 Å². The summed E-state index contributed by atoms with van der Waals surface area (Å²) in [7, 11) is 0. The zero-order valence-electron chi connectivity index (χ0n) is 10.4. The van der Waals surface area contributed by atoms with Crippen molar-refractivity contribution in [2.75, 3.05) is 13.1 Å². The molecule has 110 valence electrons. The lowest BCUT2D eigenvalue weighted by Gasteiger charge is -2.32. The van der Waals surface area contributed by atoms with Crippen LogP contribution in [0.4, 0.5) is 13.2 Å². The van der Waals surface area contributed by atoms with Crippen molar-refractivity contribution in [1.82, 2.24) is 5.32 Å². The van der Waals surface area contributed by atoms with Crippen molar-refractivity contribution in [2.45, 2.75) is 12.6 Å². The van der Waals surface area contributed by atoms with Crippen molar-refractivity contribution in [2.24, 2.45) is 11.3 Å². The molecule has 0 saturated carbocycles. The van der Waals surface area contributed by atoms with Gasteiger partial charge < -0.3 is 10.4 Å². The van der Waals surface area contributed by atoms with E-state index in [1.807, 2.05) is 0 Å². The Morgan fingerprint density at radius 1 is 1.40 bits per heavy atom. The van der Waals surface area contributed by atoms with Gasteiger partial charge in [-0.3, -0.25) is 4.79 Å². The zero-order chi connectivity index (χ0) is 15.0. The van der Waals surface area contributed by atoms with Crippen molar-refractivity contribution < 1.29 is 23.1 Å². The first-order valence-electron chi connectivity index (χ1n) is 6.02. The fourth-order valence-electron chi connectivity index (χ4n) is 2.62. The summed E-state index contributed by atoms with van der Waals surface area (Å²) in [5.41, 5.74) is -2.02. The number of carboxylic acid groups (broad SMARTS) is 1. The molecule has 1 heterocycles. The smallest absolute Gasteiger partial charge is 0.406 e. The third-order valence-corrected chi connectivity index (χ3v) is 4.30. The number of hydrogen-bond donors (Lipinski definition) is 2. The van der Waals surface area contributed by atoms with E-state index >= 15 is 0 Å². The molecule has 7 heteroatoms. The molecule has 1 aromatic carbocycles. The predicted octanol–water partition coefficient (Wildman–Crippen LogP) is 2.84. The maximum Gasteiger partial charge on any atom is 0.406 e. The Kier molecular flexibility index (Phi) is 4.11. The standard InChI is InChI=1S/C13H13BrF3NO2/c14-10-3-1-8(2-4-10)5-9-6-18-7-12(9,11(19)20)13(15,16)17/h1-4,9,18H,5-7H2,(H,19,20)/t9-,12+/m0/s1. The van der Waals surface area contributed by atoms with Gasteiger partial charge in [-0.1, -0.05) is 28.1 Å². The molecule has 0 aromatic heterocycles. The van der Waals surface area contributed by atoms with E-state index in [1.54, 1.807) is 24.3 Å². The molecule has 1 saturated heterocycles. The van der Waals surface area contributed by atoms with Crippen LogP contribution < -0.4 is 5.32 Å². The van der Waals surface area contributed by atoms with Crippen LogP contribution in [0.15, 0.2) is 28.7 Å². The van der Waals surface area contributed by atoms with Crippen LogP contribution in [0.25, 0.3) is 0 Å². The van der Waals surface area contributed by atoms with Crippen LogP contribution in [0.3, 0.4) is 0 Å². The summed E-state index contributed by atoms with van der Waals surface area (Å²) in [5, 5.41) is 11.7. The van der Waals surface area contributed by atoms with Crippen LogP contribution in [-0.4, -0.2) is 30.3 Å². The largest absolute Gasteiger partial charge is 0.481 e. The van der Waals surface area contributed by atoms with Crippen molar-refractivity contribution in [3.05, 3.63) is 34.3 Å². The minimum atomic E-state index is -4.78. The van der Waals surface area contributed by atoms with Gasteiger partial charge in [-0.2, -0.15) is 13.2 Å². The van der Waals surface area contributed by atoms with Crippen LogP contribution >= 0.6 is 15.9 Å². The Morgan fingerprint density at radius 3 is 2.50 bits per heavy atom. The third kappa shape index (κ3) is 2.56. The molecule has 2 rings (SSSR count). The van der Waals surface area contributed by atoms with Crippen molar-refractivity contribution in [3.63, 3.8) is 0 Å². The summed E-state index contributed by atoms with van der Waals surface area (Å²) < 4.78 is 40.6. The average Bonchev–Trinajstić information content (AvgIpc) is 2.76. The number of nitrogens with one attached hydrogen (secondary N) is 1. The van der Waals surface area contributed by atoms with Gasteiger partial charge in [0.1, 0.15) is 0 Å². The second-order valence-electron chi connectivity index (χ2n) is 4.93. The number of halogens is 4. The Hall–Kier alpha value is -1.08. The molecule has 1 aromatic rings. The van der Waals surface area contributed by atoms with Gasteiger partial charge in [0.15, 0.2) is 5.41 Å². The Balaban J connectivity index is 2.30. The van der Waals surface area contributed by atoms with Crippen molar-refractivity contribution in [1.29, 1.82) is 0 Å². The van der Waals surface area contributed by atoms with Gasteiger partial charge >= 0.3 is 12.1 Å². The molecular formula is C13H13BrF3NO2. The highest BCUT2D eigenvalue weighted by Gasteiger charge is 2.66. The lowest BCUT2D eigenvalue weighted by molar-refractivity contribution is -0.236. The van der Waals surface area contributed by atoms with Gasteiger partial charge in [0.05, 0.1) is 0 Å². The molecule has 2 atom stereocenters. The minimum Gasteiger partial charge on any atom is -0.481 e. The number of alkyl halides is 3. The zero-order valence-corrected chi connectivity index (χ0v) is 12.0. The van der Waals surface area contributed by atoms with E-state index in [0.29, 0.717) is 5.56 Å².